The summed E-state index contributed by atoms with van der Waals surface area (Å²) in [6.07, 6.45) is 0.339. The number of aromatic nitrogens is 2. The van der Waals surface area contributed by atoms with E-state index in [-0.39, 0.29) is 5.91 Å². The fraction of sp³-hybridized carbons (Fsp3) is 0.292. The van der Waals surface area contributed by atoms with E-state index in [1.54, 1.807) is 7.11 Å². The second-order valence-corrected chi connectivity index (χ2v) is 7.38. The molecule has 0 spiro atoms. The highest BCUT2D eigenvalue weighted by atomic mass is 16.5. The summed E-state index contributed by atoms with van der Waals surface area (Å²) in [6.45, 7) is 4.56. The maximum Gasteiger partial charge on any atom is 0.227 e. The fourth-order valence-corrected chi connectivity index (χ4v) is 3.66. The van der Waals surface area contributed by atoms with Crippen molar-refractivity contribution in [1.29, 1.82) is 0 Å². The molecule has 1 saturated heterocycles. The second kappa shape index (κ2) is 9.47. The molecule has 0 radical (unpaired) electrons. The zero-order valence-electron chi connectivity index (χ0n) is 17.8. The number of anilines is 1. The monoisotopic (exact) mass is 418 g/mol. The Labute approximate surface area is 182 Å². The van der Waals surface area contributed by atoms with Crippen molar-refractivity contribution in [3.05, 3.63) is 72.1 Å². The Bertz CT molecular complexity index is 1030. The molecule has 160 valence electrons. The van der Waals surface area contributed by atoms with Crippen molar-refractivity contribution < 1.29 is 14.3 Å². The first-order valence-corrected chi connectivity index (χ1v) is 10.4. The highest BCUT2D eigenvalue weighted by molar-refractivity contribution is 5.79. The Morgan fingerprint density at radius 3 is 2.42 bits per heavy atom. The quantitative estimate of drug-likeness (QED) is 0.611. The molecule has 2 aromatic carbocycles. The molecular weight excluding hydrogens is 392 g/mol. The highest BCUT2D eigenvalue weighted by Crippen LogP contribution is 2.24. The molecule has 0 atom stereocenters. The van der Waals surface area contributed by atoms with E-state index in [4.69, 9.17) is 9.47 Å². The number of rotatable bonds is 6. The van der Waals surface area contributed by atoms with Gasteiger partial charge in [0.2, 0.25) is 11.8 Å². The summed E-state index contributed by atoms with van der Waals surface area (Å²) < 4.78 is 11.3. The lowest BCUT2D eigenvalue weighted by Gasteiger charge is -2.35. The number of carbonyl (C=O) groups is 1. The van der Waals surface area contributed by atoms with Gasteiger partial charge in [0.05, 0.1) is 13.5 Å². The van der Waals surface area contributed by atoms with Gasteiger partial charge >= 0.3 is 0 Å². The number of carbonyl (C=O) groups excluding carboxylic acids is 1. The van der Waals surface area contributed by atoms with Crippen LogP contribution in [0.15, 0.2) is 60.7 Å². The third-order valence-electron chi connectivity index (χ3n) is 5.26. The van der Waals surface area contributed by atoms with E-state index >= 15 is 0 Å². The molecule has 0 N–H and O–H groups in total. The van der Waals surface area contributed by atoms with E-state index in [1.165, 1.54) is 0 Å². The van der Waals surface area contributed by atoms with Gasteiger partial charge in [-0.3, -0.25) is 4.79 Å². The zero-order chi connectivity index (χ0) is 21.6. The Balaban J connectivity index is 1.39. The minimum Gasteiger partial charge on any atom is -0.496 e. The van der Waals surface area contributed by atoms with Gasteiger partial charge in [-0.05, 0) is 25.1 Å². The van der Waals surface area contributed by atoms with Crippen LogP contribution in [0.5, 0.6) is 17.4 Å². The Kier molecular flexibility index (Phi) is 6.31. The first kappa shape index (κ1) is 20.7. The number of hydrogen-bond donors (Lipinski definition) is 0. The van der Waals surface area contributed by atoms with Crippen molar-refractivity contribution >= 4 is 11.7 Å². The van der Waals surface area contributed by atoms with E-state index < -0.39 is 0 Å². The predicted molar refractivity (Wildman–Crippen MR) is 119 cm³/mol. The van der Waals surface area contributed by atoms with Crippen molar-refractivity contribution in [3.63, 3.8) is 0 Å². The number of hydrogen-bond acceptors (Lipinski definition) is 6. The molecule has 0 saturated carbocycles. The van der Waals surface area contributed by atoms with Gasteiger partial charge in [0.25, 0.3) is 0 Å². The average Bonchev–Trinajstić information content (AvgIpc) is 2.80. The topological polar surface area (TPSA) is 67.8 Å². The SMILES string of the molecule is COc1ccccc1CC(=O)N1CCN(c2cc(Oc3ccccc3)nc(C)n2)CC1. The minimum absolute atomic E-state index is 0.108. The van der Waals surface area contributed by atoms with Crippen LogP contribution in [0.4, 0.5) is 5.82 Å². The number of para-hydroxylation sites is 2. The van der Waals surface area contributed by atoms with Gasteiger partial charge in [-0.15, -0.1) is 0 Å². The maximum absolute atomic E-state index is 12.8. The summed E-state index contributed by atoms with van der Waals surface area (Å²) in [6, 6.07) is 19.1. The lowest BCUT2D eigenvalue weighted by molar-refractivity contribution is -0.130. The van der Waals surface area contributed by atoms with E-state index in [1.807, 2.05) is 72.5 Å². The molecule has 0 unspecified atom stereocenters. The van der Waals surface area contributed by atoms with Crippen LogP contribution in [0.3, 0.4) is 0 Å². The van der Waals surface area contributed by atoms with Gasteiger partial charge in [0, 0.05) is 37.8 Å². The number of amides is 1. The average molecular weight is 418 g/mol. The lowest BCUT2D eigenvalue weighted by atomic mass is 10.1. The smallest absolute Gasteiger partial charge is 0.227 e. The van der Waals surface area contributed by atoms with E-state index in [9.17, 15) is 4.79 Å². The van der Waals surface area contributed by atoms with Crippen LogP contribution in [0, 0.1) is 6.92 Å². The summed E-state index contributed by atoms with van der Waals surface area (Å²) >= 11 is 0. The van der Waals surface area contributed by atoms with Crippen molar-refractivity contribution in [2.24, 2.45) is 0 Å². The van der Waals surface area contributed by atoms with Crippen molar-refractivity contribution in [2.75, 3.05) is 38.2 Å². The third kappa shape index (κ3) is 5.12. The van der Waals surface area contributed by atoms with E-state index in [0.29, 0.717) is 44.3 Å². The first-order valence-electron chi connectivity index (χ1n) is 10.4. The zero-order valence-corrected chi connectivity index (χ0v) is 17.8. The molecule has 1 aliphatic rings. The second-order valence-electron chi connectivity index (χ2n) is 7.38. The molecule has 1 amide bonds. The Morgan fingerprint density at radius 1 is 0.968 bits per heavy atom. The molecule has 1 aromatic heterocycles. The van der Waals surface area contributed by atoms with E-state index in [2.05, 4.69) is 14.9 Å². The normalized spacial score (nSPS) is 13.7. The van der Waals surface area contributed by atoms with Crippen LogP contribution < -0.4 is 14.4 Å². The summed E-state index contributed by atoms with van der Waals surface area (Å²) in [4.78, 5) is 25.8. The van der Waals surface area contributed by atoms with Crippen molar-refractivity contribution in [1.82, 2.24) is 14.9 Å². The van der Waals surface area contributed by atoms with Crippen LogP contribution >= 0.6 is 0 Å². The number of nitrogens with zero attached hydrogens (tertiary/aromatic N) is 4. The van der Waals surface area contributed by atoms with E-state index in [0.717, 1.165) is 22.9 Å². The van der Waals surface area contributed by atoms with Crippen LogP contribution in [0.2, 0.25) is 0 Å². The molecule has 7 heteroatoms. The maximum atomic E-state index is 12.8. The number of methoxy groups -OCH3 is 1. The van der Waals surface area contributed by atoms with Gasteiger partial charge in [0.15, 0.2) is 0 Å². The molecular formula is C24H26N4O3. The van der Waals surface area contributed by atoms with Crippen LogP contribution in [-0.4, -0.2) is 54.1 Å². The standard InChI is InChI=1S/C24H26N4O3/c1-18-25-22(17-23(26-18)31-20-9-4-3-5-10-20)27-12-14-28(15-13-27)24(29)16-19-8-6-7-11-21(19)30-2/h3-11,17H,12-16H2,1-2H3. The molecule has 1 aliphatic heterocycles. The number of aryl methyl sites for hydroxylation is 1. The molecule has 31 heavy (non-hydrogen) atoms. The van der Waals surface area contributed by atoms with Gasteiger partial charge in [-0.1, -0.05) is 36.4 Å². The summed E-state index contributed by atoms with van der Waals surface area (Å²) in [5, 5.41) is 0. The van der Waals surface area contributed by atoms with Crippen molar-refractivity contribution in [3.8, 4) is 17.4 Å². The number of piperazine rings is 1. The van der Waals surface area contributed by atoms with Gasteiger partial charge < -0.3 is 19.3 Å². The Morgan fingerprint density at radius 2 is 1.68 bits per heavy atom. The minimum atomic E-state index is 0.108. The van der Waals surface area contributed by atoms with Crippen LogP contribution in [0.25, 0.3) is 0 Å². The van der Waals surface area contributed by atoms with Gasteiger partial charge in [-0.25, -0.2) is 4.98 Å². The summed E-state index contributed by atoms with van der Waals surface area (Å²) in [5.41, 5.74) is 0.909. The largest absolute Gasteiger partial charge is 0.496 e. The molecule has 3 aromatic rings. The molecule has 4 rings (SSSR count). The Hall–Kier alpha value is -3.61. The molecule has 2 heterocycles. The number of ether oxygens (including phenoxy) is 2. The summed E-state index contributed by atoms with van der Waals surface area (Å²) in [5.74, 6) is 3.57. The molecule has 0 aliphatic carbocycles. The highest BCUT2D eigenvalue weighted by Gasteiger charge is 2.23. The van der Waals surface area contributed by atoms with Crippen LogP contribution in [-0.2, 0) is 11.2 Å². The van der Waals surface area contributed by atoms with Gasteiger partial charge in [-0.2, -0.15) is 4.98 Å². The predicted octanol–water partition coefficient (Wildman–Crippen LogP) is 3.48. The fourth-order valence-electron chi connectivity index (χ4n) is 3.66. The van der Waals surface area contributed by atoms with Crippen molar-refractivity contribution in [2.45, 2.75) is 13.3 Å². The third-order valence-corrected chi connectivity index (χ3v) is 5.26. The lowest BCUT2D eigenvalue weighted by Crippen LogP contribution is -2.49. The molecule has 0 bridgehead atoms. The molecule has 7 nitrogen and oxygen atoms in total. The van der Waals surface area contributed by atoms with Crippen LogP contribution in [0.1, 0.15) is 11.4 Å². The first-order chi connectivity index (χ1) is 15.1. The van der Waals surface area contributed by atoms with Gasteiger partial charge in [0.1, 0.15) is 23.1 Å². The summed E-state index contributed by atoms with van der Waals surface area (Å²) in [7, 11) is 1.63. The number of benzene rings is 2. The molecule has 1 fully saturated rings.